The zero-order valence-electron chi connectivity index (χ0n) is 15.9. The number of fused-ring (bicyclic) bond motifs is 7. The third kappa shape index (κ3) is 7.89. The number of carbonyl (C=O) groups is 5. The van der Waals surface area contributed by atoms with Crippen LogP contribution in [0.3, 0.4) is 0 Å². The third-order valence-corrected chi connectivity index (χ3v) is 4.71. The van der Waals surface area contributed by atoms with Crippen LogP contribution < -0.4 is 21.3 Å². The normalized spacial score (nSPS) is 27.6. The van der Waals surface area contributed by atoms with Crippen molar-refractivity contribution in [1.82, 2.24) is 21.3 Å². The number of carbonyl (C=O) groups excluding carboxylic acids is 5. The number of allylic oxidation sites excluding steroid dienone is 2. The first-order chi connectivity index (χ1) is 13.4. The monoisotopic (exact) mass is 392 g/mol. The highest BCUT2D eigenvalue weighted by Crippen LogP contribution is 2.14. The Balaban J connectivity index is 2.23. The van der Waals surface area contributed by atoms with Crippen molar-refractivity contribution >= 4 is 29.4 Å². The molecule has 0 aromatic heterocycles. The molecule has 2 rings (SSSR count). The van der Waals surface area contributed by atoms with Gasteiger partial charge in [0.1, 0.15) is 6.04 Å². The maximum atomic E-state index is 12.4. The lowest BCUT2D eigenvalue weighted by Gasteiger charge is -2.19. The second-order valence-corrected chi connectivity index (χ2v) is 7.16. The van der Waals surface area contributed by atoms with Gasteiger partial charge >= 0.3 is 0 Å². The first kappa shape index (κ1) is 21.6. The molecule has 0 saturated carbocycles. The predicted molar refractivity (Wildman–Crippen MR) is 101 cm³/mol. The summed E-state index contributed by atoms with van der Waals surface area (Å²) >= 11 is 0. The van der Waals surface area contributed by atoms with Crippen molar-refractivity contribution in [2.24, 2.45) is 5.92 Å². The van der Waals surface area contributed by atoms with Gasteiger partial charge in [0.15, 0.2) is 5.78 Å². The standard InChI is InChI=1S/C19H28N4O5/c24-14-8-13-6-4-2-1-3-5-7-15(19(28)22-11-17(26)20-10-14)23-18(27)12-21-16(25)9-13/h4,6,13,15H,1-3,5,7-12H2,(H,20,26)(H,21,25)(H,22,28)(H,23,27)/b6-4-. The van der Waals surface area contributed by atoms with E-state index in [-0.39, 0.29) is 50.1 Å². The smallest absolute Gasteiger partial charge is 0.243 e. The van der Waals surface area contributed by atoms with Crippen LogP contribution in [0, 0.1) is 5.92 Å². The van der Waals surface area contributed by atoms with Gasteiger partial charge in [-0.1, -0.05) is 25.0 Å². The van der Waals surface area contributed by atoms with Crippen molar-refractivity contribution in [2.75, 3.05) is 19.6 Å². The van der Waals surface area contributed by atoms with E-state index in [0.717, 1.165) is 25.7 Å². The number of Topliss-reactive ketones (excluding diaryl/α,β-unsaturated/α-hetero) is 1. The zero-order chi connectivity index (χ0) is 20.4. The van der Waals surface area contributed by atoms with Crippen LogP contribution in [0.2, 0.25) is 0 Å². The van der Waals surface area contributed by atoms with Crippen molar-refractivity contribution in [1.29, 1.82) is 0 Å². The molecule has 1 fully saturated rings. The largest absolute Gasteiger partial charge is 0.347 e. The SMILES string of the molecule is O=C1CNC(=O)CNC(=O)C2CCCCC/C=C\C(C1)CC(=O)NCC(=O)N2. The Morgan fingerprint density at radius 1 is 0.750 bits per heavy atom. The van der Waals surface area contributed by atoms with Crippen LogP contribution in [0.25, 0.3) is 0 Å². The second-order valence-electron chi connectivity index (χ2n) is 7.16. The zero-order valence-corrected chi connectivity index (χ0v) is 15.9. The number of hydrogen-bond donors (Lipinski definition) is 4. The summed E-state index contributed by atoms with van der Waals surface area (Å²) in [5.74, 6) is -2.25. The lowest BCUT2D eigenvalue weighted by atomic mass is 9.96. The first-order valence-electron chi connectivity index (χ1n) is 9.73. The van der Waals surface area contributed by atoms with Gasteiger partial charge < -0.3 is 21.3 Å². The van der Waals surface area contributed by atoms with Crippen molar-refractivity contribution < 1.29 is 24.0 Å². The Morgan fingerprint density at radius 2 is 1.50 bits per heavy atom. The molecule has 1 saturated heterocycles. The molecule has 4 amide bonds. The molecule has 0 radical (unpaired) electrons. The molecule has 0 spiro atoms. The van der Waals surface area contributed by atoms with E-state index in [0.29, 0.717) is 6.42 Å². The number of hydrogen-bond acceptors (Lipinski definition) is 5. The highest BCUT2D eigenvalue weighted by Gasteiger charge is 2.23. The molecule has 0 aliphatic carbocycles. The average molecular weight is 392 g/mol. The Kier molecular flexibility index (Phi) is 8.64. The molecule has 2 aliphatic rings. The van der Waals surface area contributed by atoms with Gasteiger partial charge in [-0.15, -0.1) is 0 Å². The molecule has 0 aromatic carbocycles. The average Bonchev–Trinajstić information content (AvgIpc) is 2.66. The van der Waals surface area contributed by atoms with Crippen LogP contribution in [0.15, 0.2) is 12.2 Å². The van der Waals surface area contributed by atoms with Crippen LogP contribution in [-0.4, -0.2) is 55.1 Å². The van der Waals surface area contributed by atoms with Crippen molar-refractivity contribution in [2.45, 2.75) is 51.0 Å². The van der Waals surface area contributed by atoms with Crippen LogP contribution in [0.5, 0.6) is 0 Å². The molecule has 9 heteroatoms. The second kappa shape index (κ2) is 11.2. The van der Waals surface area contributed by atoms with E-state index >= 15 is 0 Å². The van der Waals surface area contributed by atoms with Crippen molar-refractivity contribution in [3.63, 3.8) is 0 Å². The number of nitrogens with one attached hydrogen (secondary N) is 4. The topological polar surface area (TPSA) is 133 Å². The quantitative estimate of drug-likeness (QED) is 0.405. The minimum absolute atomic E-state index is 0.0768. The van der Waals surface area contributed by atoms with E-state index in [9.17, 15) is 24.0 Å². The highest BCUT2D eigenvalue weighted by molar-refractivity contribution is 5.93. The molecule has 2 bridgehead atoms. The van der Waals surface area contributed by atoms with Crippen LogP contribution in [-0.2, 0) is 24.0 Å². The fraction of sp³-hybridized carbons (Fsp3) is 0.632. The Bertz CT molecular complexity index is 646. The summed E-state index contributed by atoms with van der Waals surface area (Å²) in [6.45, 7) is -0.660. The van der Waals surface area contributed by atoms with Gasteiger partial charge in [-0.05, 0) is 25.2 Å². The molecule has 2 aliphatic heterocycles. The van der Waals surface area contributed by atoms with Gasteiger partial charge in [0.05, 0.1) is 19.6 Å². The van der Waals surface area contributed by atoms with Crippen LogP contribution in [0.1, 0.15) is 44.9 Å². The van der Waals surface area contributed by atoms with E-state index in [1.165, 1.54) is 0 Å². The van der Waals surface area contributed by atoms with Crippen LogP contribution >= 0.6 is 0 Å². The molecular formula is C19H28N4O5. The van der Waals surface area contributed by atoms with Crippen LogP contribution in [0.4, 0.5) is 0 Å². The van der Waals surface area contributed by atoms with E-state index in [4.69, 9.17) is 0 Å². The summed E-state index contributed by atoms with van der Waals surface area (Å²) in [7, 11) is 0. The highest BCUT2D eigenvalue weighted by atomic mass is 16.2. The fourth-order valence-electron chi connectivity index (χ4n) is 3.20. The first-order valence-corrected chi connectivity index (χ1v) is 9.73. The van der Waals surface area contributed by atoms with Gasteiger partial charge in [0.25, 0.3) is 0 Å². The summed E-state index contributed by atoms with van der Waals surface area (Å²) in [6.07, 6.45) is 7.81. The Morgan fingerprint density at radius 3 is 2.32 bits per heavy atom. The van der Waals surface area contributed by atoms with Crippen molar-refractivity contribution in [3.05, 3.63) is 12.2 Å². The summed E-state index contributed by atoms with van der Waals surface area (Å²) in [6, 6.07) is -0.778. The maximum absolute atomic E-state index is 12.4. The fourth-order valence-corrected chi connectivity index (χ4v) is 3.20. The van der Waals surface area contributed by atoms with Gasteiger partial charge in [0, 0.05) is 12.8 Å². The molecular weight excluding hydrogens is 364 g/mol. The number of amides is 4. The summed E-state index contributed by atoms with van der Waals surface area (Å²) in [5, 5.41) is 10.1. The number of rotatable bonds is 0. The molecule has 2 heterocycles. The van der Waals surface area contributed by atoms with Gasteiger partial charge in [-0.3, -0.25) is 24.0 Å². The van der Waals surface area contributed by atoms with Gasteiger partial charge in [-0.25, -0.2) is 0 Å². The Labute approximate surface area is 164 Å². The van der Waals surface area contributed by atoms with Crippen molar-refractivity contribution in [3.8, 4) is 0 Å². The third-order valence-electron chi connectivity index (χ3n) is 4.71. The van der Waals surface area contributed by atoms with E-state index in [2.05, 4.69) is 21.3 Å². The summed E-state index contributed by atoms with van der Waals surface area (Å²) in [4.78, 5) is 60.7. The van der Waals surface area contributed by atoms with E-state index in [1.807, 2.05) is 12.2 Å². The molecule has 9 nitrogen and oxygen atoms in total. The lowest BCUT2D eigenvalue weighted by molar-refractivity contribution is -0.131. The lowest BCUT2D eigenvalue weighted by Crippen LogP contribution is -2.51. The predicted octanol–water partition coefficient (Wildman–Crippen LogP) is -0.681. The minimum atomic E-state index is -0.778. The molecule has 4 N–H and O–H groups in total. The summed E-state index contributed by atoms with van der Waals surface area (Å²) in [5.41, 5.74) is 0. The maximum Gasteiger partial charge on any atom is 0.243 e. The minimum Gasteiger partial charge on any atom is -0.347 e. The van der Waals surface area contributed by atoms with E-state index in [1.54, 1.807) is 0 Å². The molecule has 2 unspecified atom stereocenters. The van der Waals surface area contributed by atoms with E-state index < -0.39 is 23.8 Å². The van der Waals surface area contributed by atoms with Gasteiger partial charge in [-0.2, -0.15) is 0 Å². The number of ketones is 1. The Hall–Kier alpha value is -2.71. The molecule has 0 aromatic rings. The molecule has 2 atom stereocenters. The molecule has 28 heavy (non-hydrogen) atoms. The van der Waals surface area contributed by atoms with Gasteiger partial charge in [0.2, 0.25) is 23.6 Å². The molecule has 154 valence electrons. The summed E-state index contributed by atoms with van der Waals surface area (Å²) < 4.78 is 0.